The third-order valence-corrected chi connectivity index (χ3v) is 2.56. The highest BCUT2D eigenvalue weighted by molar-refractivity contribution is 5.94. The number of benzene rings is 1. The molecule has 0 saturated carbocycles. The highest BCUT2D eigenvalue weighted by Gasteiger charge is 2.09. The van der Waals surface area contributed by atoms with Crippen LogP contribution in [0.3, 0.4) is 0 Å². The van der Waals surface area contributed by atoms with Crippen molar-refractivity contribution in [3.63, 3.8) is 0 Å². The Balaban J connectivity index is 2.69. The Hall–Kier alpha value is -1.35. The van der Waals surface area contributed by atoms with Gasteiger partial charge in [-0.15, -0.1) is 0 Å². The number of carbonyl (C=O) groups excluding carboxylic acids is 1. The first-order chi connectivity index (χ1) is 7.54. The Morgan fingerprint density at radius 2 is 2.06 bits per heavy atom. The van der Waals surface area contributed by atoms with Crippen LogP contribution in [0, 0.1) is 13.8 Å². The van der Waals surface area contributed by atoms with Crippen molar-refractivity contribution in [3.8, 4) is 0 Å². The fourth-order valence-corrected chi connectivity index (χ4v) is 1.48. The molecule has 1 amide bonds. The summed E-state index contributed by atoms with van der Waals surface area (Å²) in [5.74, 6) is -0.0485. The van der Waals surface area contributed by atoms with Crippen LogP contribution >= 0.6 is 0 Å². The Morgan fingerprint density at radius 3 is 2.62 bits per heavy atom. The number of hydrogen-bond acceptors (Lipinski definition) is 2. The number of hydrogen-bond donors (Lipinski definition) is 1. The number of aryl methyl sites for hydroxylation is 2. The molecule has 0 aliphatic rings. The molecule has 0 spiro atoms. The van der Waals surface area contributed by atoms with Gasteiger partial charge < -0.3 is 10.1 Å². The van der Waals surface area contributed by atoms with Crippen molar-refractivity contribution in [3.05, 3.63) is 34.9 Å². The van der Waals surface area contributed by atoms with Gasteiger partial charge >= 0.3 is 0 Å². The average molecular weight is 221 g/mol. The number of amides is 1. The summed E-state index contributed by atoms with van der Waals surface area (Å²) in [5.41, 5.74) is 3.03. The maximum Gasteiger partial charge on any atom is 0.251 e. The molecule has 0 heterocycles. The van der Waals surface area contributed by atoms with Gasteiger partial charge in [0, 0.05) is 18.7 Å². The molecule has 0 radical (unpaired) electrons. The molecule has 16 heavy (non-hydrogen) atoms. The lowest BCUT2D eigenvalue weighted by Gasteiger charge is -2.13. The van der Waals surface area contributed by atoms with E-state index in [0.717, 1.165) is 5.56 Å². The fraction of sp³-hybridized carbons (Fsp3) is 0.462. The SMILES string of the molecule is COCC(C)NC(=O)c1ccc(C)c(C)c1. The zero-order chi connectivity index (χ0) is 12.1. The van der Waals surface area contributed by atoms with E-state index in [4.69, 9.17) is 4.74 Å². The monoisotopic (exact) mass is 221 g/mol. The van der Waals surface area contributed by atoms with Crippen molar-refractivity contribution in [1.29, 1.82) is 0 Å². The van der Waals surface area contributed by atoms with Crippen molar-refractivity contribution >= 4 is 5.91 Å². The molecular formula is C13H19NO2. The van der Waals surface area contributed by atoms with Crippen molar-refractivity contribution < 1.29 is 9.53 Å². The molecular weight excluding hydrogens is 202 g/mol. The lowest BCUT2D eigenvalue weighted by molar-refractivity contribution is 0.0905. The van der Waals surface area contributed by atoms with E-state index in [-0.39, 0.29) is 11.9 Å². The van der Waals surface area contributed by atoms with Crippen LogP contribution in [0.25, 0.3) is 0 Å². The van der Waals surface area contributed by atoms with E-state index in [1.807, 2.05) is 39.0 Å². The summed E-state index contributed by atoms with van der Waals surface area (Å²) in [5, 5.41) is 2.88. The zero-order valence-corrected chi connectivity index (χ0v) is 10.3. The summed E-state index contributed by atoms with van der Waals surface area (Å²) in [6.07, 6.45) is 0. The Kier molecular flexibility index (Phi) is 4.50. The Bertz CT molecular complexity index is 374. The van der Waals surface area contributed by atoms with Crippen LogP contribution in [-0.4, -0.2) is 25.7 Å². The lowest BCUT2D eigenvalue weighted by Crippen LogP contribution is -2.35. The first kappa shape index (κ1) is 12.7. The second-order valence-electron chi connectivity index (χ2n) is 4.13. The van der Waals surface area contributed by atoms with Gasteiger partial charge in [0.2, 0.25) is 0 Å². The van der Waals surface area contributed by atoms with Crippen LogP contribution in [0.4, 0.5) is 0 Å². The standard InChI is InChI=1S/C13H19NO2/c1-9-5-6-12(7-10(9)2)13(15)14-11(3)8-16-4/h5-7,11H,8H2,1-4H3,(H,14,15). The van der Waals surface area contributed by atoms with Crippen LogP contribution in [0.5, 0.6) is 0 Å². The summed E-state index contributed by atoms with van der Waals surface area (Å²) >= 11 is 0. The van der Waals surface area contributed by atoms with Crippen LogP contribution in [0.1, 0.15) is 28.4 Å². The van der Waals surface area contributed by atoms with Gasteiger partial charge in [-0.3, -0.25) is 4.79 Å². The number of nitrogens with one attached hydrogen (secondary N) is 1. The van der Waals surface area contributed by atoms with Gasteiger partial charge in [-0.1, -0.05) is 6.07 Å². The molecule has 88 valence electrons. The smallest absolute Gasteiger partial charge is 0.251 e. The van der Waals surface area contributed by atoms with Gasteiger partial charge in [-0.05, 0) is 44.0 Å². The maximum atomic E-state index is 11.8. The lowest BCUT2D eigenvalue weighted by atomic mass is 10.1. The number of carbonyl (C=O) groups is 1. The van der Waals surface area contributed by atoms with E-state index in [9.17, 15) is 4.79 Å². The highest BCUT2D eigenvalue weighted by atomic mass is 16.5. The quantitative estimate of drug-likeness (QED) is 0.845. The number of rotatable bonds is 4. The van der Waals surface area contributed by atoms with Gasteiger partial charge in [0.05, 0.1) is 6.61 Å². The van der Waals surface area contributed by atoms with Gasteiger partial charge in [0.25, 0.3) is 5.91 Å². The van der Waals surface area contributed by atoms with E-state index in [2.05, 4.69) is 5.32 Å². The molecule has 0 aliphatic carbocycles. The Labute approximate surface area is 96.8 Å². The molecule has 3 heteroatoms. The predicted molar refractivity (Wildman–Crippen MR) is 64.7 cm³/mol. The van der Waals surface area contributed by atoms with Crippen molar-refractivity contribution in [1.82, 2.24) is 5.32 Å². The summed E-state index contributed by atoms with van der Waals surface area (Å²) in [4.78, 5) is 11.8. The topological polar surface area (TPSA) is 38.3 Å². The normalized spacial score (nSPS) is 12.2. The van der Waals surface area contributed by atoms with E-state index in [1.54, 1.807) is 7.11 Å². The van der Waals surface area contributed by atoms with Gasteiger partial charge in [-0.2, -0.15) is 0 Å². The molecule has 1 aromatic rings. The minimum atomic E-state index is -0.0485. The van der Waals surface area contributed by atoms with Crippen LogP contribution in [0.2, 0.25) is 0 Å². The van der Waals surface area contributed by atoms with E-state index in [0.29, 0.717) is 12.2 Å². The van der Waals surface area contributed by atoms with Gasteiger partial charge in [0.1, 0.15) is 0 Å². The second-order valence-corrected chi connectivity index (χ2v) is 4.13. The van der Waals surface area contributed by atoms with Crippen LogP contribution in [0.15, 0.2) is 18.2 Å². The molecule has 0 aromatic heterocycles. The third kappa shape index (κ3) is 3.35. The molecule has 3 nitrogen and oxygen atoms in total. The minimum Gasteiger partial charge on any atom is -0.383 e. The molecule has 0 fully saturated rings. The largest absolute Gasteiger partial charge is 0.383 e. The molecule has 1 N–H and O–H groups in total. The van der Waals surface area contributed by atoms with Crippen molar-refractivity contribution in [2.24, 2.45) is 0 Å². The highest BCUT2D eigenvalue weighted by Crippen LogP contribution is 2.09. The summed E-state index contributed by atoms with van der Waals surface area (Å²) in [6.45, 7) is 6.48. The van der Waals surface area contributed by atoms with Crippen molar-refractivity contribution in [2.45, 2.75) is 26.8 Å². The first-order valence-corrected chi connectivity index (χ1v) is 5.41. The molecule has 0 bridgehead atoms. The van der Waals surface area contributed by atoms with Crippen LogP contribution < -0.4 is 5.32 Å². The maximum absolute atomic E-state index is 11.8. The summed E-state index contributed by atoms with van der Waals surface area (Å²) in [7, 11) is 1.62. The predicted octanol–water partition coefficient (Wildman–Crippen LogP) is 2.07. The number of ether oxygens (including phenoxy) is 1. The second kappa shape index (κ2) is 5.66. The first-order valence-electron chi connectivity index (χ1n) is 5.41. The number of methoxy groups -OCH3 is 1. The zero-order valence-electron chi connectivity index (χ0n) is 10.3. The van der Waals surface area contributed by atoms with E-state index < -0.39 is 0 Å². The van der Waals surface area contributed by atoms with Gasteiger partial charge in [-0.25, -0.2) is 0 Å². The molecule has 1 unspecified atom stereocenters. The summed E-state index contributed by atoms with van der Waals surface area (Å²) in [6, 6.07) is 5.74. The minimum absolute atomic E-state index is 0.0270. The fourth-order valence-electron chi connectivity index (χ4n) is 1.48. The van der Waals surface area contributed by atoms with Crippen LogP contribution in [-0.2, 0) is 4.74 Å². The van der Waals surface area contributed by atoms with E-state index in [1.165, 1.54) is 5.56 Å². The molecule has 1 aromatic carbocycles. The summed E-state index contributed by atoms with van der Waals surface area (Å²) < 4.78 is 4.97. The van der Waals surface area contributed by atoms with E-state index >= 15 is 0 Å². The van der Waals surface area contributed by atoms with Crippen molar-refractivity contribution in [2.75, 3.05) is 13.7 Å². The third-order valence-electron chi connectivity index (χ3n) is 2.56. The molecule has 0 aliphatic heterocycles. The molecule has 1 rings (SSSR count). The van der Waals surface area contributed by atoms with Gasteiger partial charge in [0.15, 0.2) is 0 Å². The average Bonchev–Trinajstić information content (AvgIpc) is 2.22. The molecule has 0 saturated heterocycles. The molecule has 1 atom stereocenters. The Morgan fingerprint density at radius 1 is 1.38 bits per heavy atom.